The number of aryl methyl sites for hydroxylation is 2. The minimum Gasteiger partial charge on any atom is -0.506 e. The van der Waals surface area contributed by atoms with Crippen molar-refractivity contribution in [1.82, 2.24) is 5.43 Å². The molecular weight excluding hydrogens is 542 g/mol. The Morgan fingerprint density at radius 3 is 2.78 bits per heavy atom. The second kappa shape index (κ2) is 9.87. The summed E-state index contributed by atoms with van der Waals surface area (Å²) in [6.45, 7) is 1.51. The molecule has 32 heavy (non-hydrogen) atoms. The highest BCUT2D eigenvalue weighted by Crippen LogP contribution is 2.40. The summed E-state index contributed by atoms with van der Waals surface area (Å²) < 4.78 is 7.46. The van der Waals surface area contributed by atoms with Crippen LogP contribution in [0.3, 0.4) is 0 Å². The number of amides is 1. The number of fused-ring (bicyclic) bond motifs is 3. The van der Waals surface area contributed by atoms with E-state index in [-0.39, 0.29) is 12.4 Å². The number of furan rings is 1. The van der Waals surface area contributed by atoms with Gasteiger partial charge in [-0.2, -0.15) is 5.10 Å². The van der Waals surface area contributed by atoms with Gasteiger partial charge in [0, 0.05) is 27.4 Å². The molecule has 0 saturated carbocycles. The van der Waals surface area contributed by atoms with Crippen LogP contribution in [0.4, 0.5) is 0 Å². The van der Waals surface area contributed by atoms with E-state index in [0.717, 1.165) is 52.4 Å². The number of halogens is 2. The van der Waals surface area contributed by atoms with Gasteiger partial charge < -0.3 is 14.4 Å². The Morgan fingerprint density at radius 2 is 2.00 bits per heavy atom. The van der Waals surface area contributed by atoms with E-state index >= 15 is 0 Å². The van der Waals surface area contributed by atoms with Crippen molar-refractivity contribution in [3.63, 3.8) is 0 Å². The van der Waals surface area contributed by atoms with Crippen molar-refractivity contribution in [2.75, 3.05) is 6.61 Å². The van der Waals surface area contributed by atoms with E-state index in [0.29, 0.717) is 21.3 Å². The predicted octanol–water partition coefficient (Wildman–Crippen LogP) is 5.43. The van der Waals surface area contributed by atoms with Crippen molar-refractivity contribution < 1.29 is 19.2 Å². The third-order valence-electron chi connectivity index (χ3n) is 5.25. The normalized spacial score (nSPS) is 14.0. The van der Waals surface area contributed by atoms with Crippen LogP contribution in [0.2, 0.25) is 0 Å². The molecule has 3 aromatic rings. The molecule has 1 amide bonds. The van der Waals surface area contributed by atoms with E-state index in [2.05, 4.69) is 47.5 Å². The molecule has 0 fully saturated rings. The number of phenols is 1. The highest BCUT2D eigenvalue weighted by Gasteiger charge is 2.22. The number of carbonyl (C=O) groups is 1. The third-order valence-corrected chi connectivity index (χ3v) is 6.38. The molecule has 0 spiro atoms. The number of carbonyl (C=O) groups excluding carboxylic acids is 1. The molecule has 0 bridgehead atoms. The molecule has 1 aliphatic carbocycles. The van der Waals surface area contributed by atoms with Gasteiger partial charge in [0.1, 0.15) is 17.1 Å². The monoisotopic (exact) mass is 561 g/mol. The average molecular weight is 563 g/mol. The molecule has 1 heterocycles. The molecule has 7 nitrogen and oxygen atoms in total. The number of phenolic OH excluding ortho intramolecular Hbond substituents is 1. The Hall–Kier alpha value is -2.65. The molecular formula is C23H21Br2N3O4. The number of nitrogens with zero attached hydrogens (tertiary/aromatic N) is 2. The van der Waals surface area contributed by atoms with Crippen LogP contribution in [-0.4, -0.2) is 29.5 Å². The van der Waals surface area contributed by atoms with Crippen LogP contribution in [0.25, 0.3) is 11.0 Å². The zero-order valence-electron chi connectivity index (χ0n) is 17.3. The van der Waals surface area contributed by atoms with Crippen molar-refractivity contribution in [3.8, 4) is 5.75 Å². The molecule has 0 aliphatic heterocycles. The first-order valence-electron chi connectivity index (χ1n) is 10.1. The van der Waals surface area contributed by atoms with Gasteiger partial charge in [-0.3, -0.25) is 4.79 Å². The standard InChI is InChI=1S/C23H21Br2N3O4/c1-13(14-6-8-15(24)9-7-14)28-31-12-21(29)27-26-11-17-22-16-4-2-3-5-19(16)32-20(22)10-18(25)23(17)30/h6-11,30H,2-5,12H2,1H3,(H,27,29). The van der Waals surface area contributed by atoms with Crippen LogP contribution in [-0.2, 0) is 22.5 Å². The largest absolute Gasteiger partial charge is 0.506 e. The molecule has 2 aromatic carbocycles. The fraction of sp³-hybridized carbons (Fsp3) is 0.261. The number of nitrogens with one attached hydrogen (secondary N) is 1. The van der Waals surface area contributed by atoms with E-state index in [4.69, 9.17) is 9.25 Å². The summed E-state index contributed by atoms with van der Waals surface area (Å²) in [6.07, 6.45) is 5.36. The lowest BCUT2D eigenvalue weighted by Crippen LogP contribution is -2.22. The van der Waals surface area contributed by atoms with Crippen molar-refractivity contribution >= 4 is 60.7 Å². The number of hydrazone groups is 1. The van der Waals surface area contributed by atoms with E-state index in [1.807, 2.05) is 24.3 Å². The molecule has 0 saturated heterocycles. The molecule has 2 N–H and O–H groups in total. The fourth-order valence-corrected chi connectivity index (χ4v) is 4.36. The van der Waals surface area contributed by atoms with Crippen molar-refractivity contribution in [2.24, 2.45) is 10.3 Å². The van der Waals surface area contributed by atoms with Gasteiger partial charge in [0.15, 0.2) is 6.61 Å². The molecule has 9 heteroatoms. The summed E-state index contributed by atoms with van der Waals surface area (Å²) in [6, 6.07) is 9.37. The molecule has 1 aliphatic rings. The topological polar surface area (TPSA) is 96.4 Å². The number of aromatic hydroxyl groups is 1. The van der Waals surface area contributed by atoms with Gasteiger partial charge in [0.25, 0.3) is 5.91 Å². The maximum absolute atomic E-state index is 12.1. The van der Waals surface area contributed by atoms with E-state index < -0.39 is 5.91 Å². The molecule has 1 aromatic heterocycles. The summed E-state index contributed by atoms with van der Waals surface area (Å²) in [5.41, 5.74) is 6.25. The van der Waals surface area contributed by atoms with Crippen LogP contribution in [0, 0.1) is 0 Å². The average Bonchev–Trinajstić information content (AvgIpc) is 3.14. The Kier molecular flexibility index (Phi) is 6.95. The second-order valence-corrected chi connectivity index (χ2v) is 9.22. The zero-order chi connectivity index (χ0) is 22.7. The first kappa shape index (κ1) is 22.5. The predicted molar refractivity (Wildman–Crippen MR) is 130 cm³/mol. The molecule has 0 atom stereocenters. The SMILES string of the molecule is CC(=NOCC(=O)NN=Cc1c(O)c(Br)cc2oc3c(c12)CCCC3)c1ccc(Br)cc1. The maximum atomic E-state index is 12.1. The van der Waals surface area contributed by atoms with Crippen LogP contribution in [0.5, 0.6) is 5.75 Å². The first-order chi connectivity index (χ1) is 15.4. The second-order valence-electron chi connectivity index (χ2n) is 7.45. The summed E-state index contributed by atoms with van der Waals surface area (Å²) >= 11 is 6.74. The molecule has 0 radical (unpaired) electrons. The van der Waals surface area contributed by atoms with Gasteiger partial charge in [-0.05, 0) is 65.9 Å². The van der Waals surface area contributed by atoms with Crippen molar-refractivity contribution in [2.45, 2.75) is 32.6 Å². The van der Waals surface area contributed by atoms with E-state index in [1.54, 1.807) is 13.0 Å². The fourth-order valence-electron chi connectivity index (χ4n) is 3.67. The number of hydrogen-bond acceptors (Lipinski definition) is 6. The molecule has 4 rings (SSSR count). The summed E-state index contributed by atoms with van der Waals surface area (Å²) in [4.78, 5) is 17.2. The smallest absolute Gasteiger partial charge is 0.280 e. The Bertz CT molecular complexity index is 1220. The highest BCUT2D eigenvalue weighted by atomic mass is 79.9. The van der Waals surface area contributed by atoms with Crippen molar-refractivity contribution in [3.05, 3.63) is 61.7 Å². The molecule has 166 valence electrons. The lowest BCUT2D eigenvalue weighted by atomic mass is 9.94. The Morgan fingerprint density at radius 1 is 1.25 bits per heavy atom. The summed E-state index contributed by atoms with van der Waals surface area (Å²) in [5.74, 6) is 0.541. The van der Waals surface area contributed by atoms with Gasteiger partial charge in [-0.25, -0.2) is 5.43 Å². The van der Waals surface area contributed by atoms with Gasteiger partial charge in [0.2, 0.25) is 0 Å². The lowest BCUT2D eigenvalue weighted by molar-refractivity contribution is -0.125. The number of oxime groups is 1. The van der Waals surface area contributed by atoms with E-state index in [9.17, 15) is 9.90 Å². The Balaban J connectivity index is 1.43. The minimum absolute atomic E-state index is 0.0515. The third kappa shape index (κ3) is 4.88. The lowest BCUT2D eigenvalue weighted by Gasteiger charge is -2.10. The van der Waals surface area contributed by atoms with Crippen LogP contribution in [0.1, 0.15) is 42.2 Å². The quantitative estimate of drug-likeness (QED) is 0.309. The first-order valence-corrected chi connectivity index (χ1v) is 11.7. The minimum atomic E-state index is -0.464. The van der Waals surface area contributed by atoms with Gasteiger partial charge in [-0.1, -0.05) is 33.2 Å². The summed E-state index contributed by atoms with van der Waals surface area (Å²) in [5, 5.41) is 19.4. The maximum Gasteiger partial charge on any atom is 0.280 e. The number of hydrogen-bond donors (Lipinski definition) is 2. The van der Waals surface area contributed by atoms with E-state index in [1.165, 1.54) is 6.21 Å². The zero-order valence-corrected chi connectivity index (χ0v) is 20.5. The molecule has 0 unspecified atom stereocenters. The van der Waals surface area contributed by atoms with Gasteiger partial charge in [0.05, 0.1) is 16.4 Å². The van der Waals surface area contributed by atoms with Crippen LogP contribution < -0.4 is 5.43 Å². The van der Waals surface area contributed by atoms with Crippen molar-refractivity contribution in [1.29, 1.82) is 0 Å². The Labute approximate surface area is 201 Å². The van der Waals surface area contributed by atoms with Crippen LogP contribution >= 0.6 is 31.9 Å². The van der Waals surface area contributed by atoms with Crippen LogP contribution in [0.15, 0.2) is 54.0 Å². The summed E-state index contributed by atoms with van der Waals surface area (Å²) in [7, 11) is 0. The number of benzene rings is 2. The van der Waals surface area contributed by atoms with Gasteiger partial charge in [-0.15, -0.1) is 0 Å². The highest BCUT2D eigenvalue weighted by molar-refractivity contribution is 9.10. The number of rotatable bonds is 6. The van der Waals surface area contributed by atoms with Gasteiger partial charge >= 0.3 is 0 Å².